The molecule has 1 aliphatic rings. The van der Waals surface area contributed by atoms with Crippen molar-refractivity contribution in [3.05, 3.63) is 0 Å². The van der Waals surface area contributed by atoms with Crippen LogP contribution >= 0.6 is 0 Å². The Hall–Kier alpha value is -0.120. The summed E-state index contributed by atoms with van der Waals surface area (Å²) in [7, 11) is 1.95. The monoisotopic (exact) mass is 186 g/mol. The summed E-state index contributed by atoms with van der Waals surface area (Å²) >= 11 is 0. The van der Waals surface area contributed by atoms with Gasteiger partial charge in [-0.3, -0.25) is 0 Å². The average Bonchev–Trinajstić information content (AvgIpc) is 2.18. The topological polar surface area (TPSA) is 35.5 Å². The molecule has 78 valence electrons. The van der Waals surface area contributed by atoms with Gasteiger partial charge in [0, 0.05) is 24.7 Å². The summed E-state index contributed by atoms with van der Waals surface area (Å²) in [5.74, 6) is 0. The van der Waals surface area contributed by atoms with Gasteiger partial charge < -0.3 is 15.3 Å². The number of rotatable bonds is 3. The highest BCUT2D eigenvalue weighted by atomic mass is 16.3. The van der Waals surface area contributed by atoms with Gasteiger partial charge in [0.15, 0.2) is 0 Å². The highest BCUT2D eigenvalue weighted by molar-refractivity contribution is 4.92. The summed E-state index contributed by atoms with van der Waals surface area (Å²) < 4.78 is 0. The average molecular weight is 186 g/mol. The third-order valence-corrected chi connectivity index (χ3v) is 3.32. The Morgan fingerprint density at radius 2 is 1.92 bits per heavy atom. The van der Waals surface area contributed by atoms with Crippen LogP contribution in [0.2, 0.25) is 0 Å². The van der Waals surface area contributed by atoms with Gasteiger partial charge in [0.2, 0.25) is 0 Å². The van der Waals surface area contributed by atoms with Crippen LogP contribution in [0.3, 0.4) is 0 Å². The van der Waals surface area contributed by atoms with Crippen LogP contribution in [-0.4, -0.2) is 48.3 Å². The number of piperidine rings is 1. The van der Waals surface area contributed by atoms with Crippen LogP contribution in [0.4, 0.5) is 0 Å². The van der Waals surface area contributed by atoms with Crippen LogP contribution in [-0.2, 0) is 0 Å². The largest absolute Gasteiger partial charge is 0.394 e. The zero-order valence-electron chi connectivity index (χ0n) is 9.01. The Labute approximate surface area is 81.1 Å². The zero-order valence-corrected chi connectivity index (χ0v) is 9.01. The maximum atomic E-state index is 9.29. The van der Waals surface area contributed by atoms with Crippen molar-refractivity contribution in [2.24, 2.45) is 0 Å². The van der Waals surface area contributed by atoms with E-state index in [9.17, 15) is 5.11 Å². The fourth-order valence-corrected chi connectivity index (χ4v) is 1.96. The zero-order chi connectivity index (χ0) is 9.90. The minimum Gasteiger partial charge on any atom is -0.394 e. The Balaban J connectivity index is 2.45. The Morgan fingerprint density at radius 1 is 1.38 bits per heavy atom. The molecule has 1 rings (SSSR count). The first-order valence-corrected chi connectivity index (χ1v) is 5.17. The van der Waals surface area contributed by atoms with E-state index in [4.69, 9.17) is 0 Å². The van der Waals surface area contributed by atoms with E-state index in [1.165, 1.54) is 0 Å². The molecular weight excluding hydrogens is 164 g/mol. The molecule has 13 heavy (non-hydrogen) atoms. The summed E-state index contributed by atoms with van der Waals surface area (Å²) in [5, 5.41) is 12.5. The van der Waals surface area contributed by atoms with Crippen molar-refractivity contribution in [1.29, 1.82) is 0 Å². The lowest BCUT2D eigenvalue weighted by Crippen LogP contribution is -2.55. The first-order chi connectivity index (χ1) is 6.13. The molecule has 1 aliphatic heterocycles. The maximum absolute atomic E-state index is 9.29. The van der Waals surface area contributed by atoms with Crippen molar-refractivity contribution >= 4 is 0 Å². The first kappa shape index (κ1) is 11.0. The predicted octanol–water partition coefficient (Wildman–Crippen LogP) is 0.441. The highest BCUT2D eigenvalue weighted by Gasteiger charge is 2.32. The van der Waals surface area contributed by atoms with Gasteiger partial charge in [-0.1, -0.05) is 0 Å². The number of hydrogen-bond donors (Lipinski definition) is 2. The Morgan fingerprint density at radius 3 is 2.23 bits per heavy atom. The van der Waals surface area contributed by atoms with Crippen molar-refractivity contribution in [3.8, 4) is 0 Å². The normalized spacial score (nSPS) is 23.8. The van der Waals surface area contributed by atoms with Gasteiger partial charge in [0.1, 0.15) is 0 Å². The van der Waals surface area contributed by atoms with Crippen molar-refractivity contribution in [2.45, 2.75) is 38.3 Å². The third kappa shape index (κ3) is 2.42. The molecule has 0 saturated carbocycles. The van der Waals surface area contributed by atoms with Gasteiger partial charge >= 0.3 is 0 Å². The van der Waals surface area contributed by atoms with Gasteiger partial charge in [0.25, 0.3) is 0 Å². The second-order valence-corrected chi connectivity index (χ2v) is 4.32. The van der Waals surface area contributed by atoms with Crippen LogP contribution < -0.4 is 5.32 Å². The molecule has 0 unspecified atom stereocenters. The fraction of sp³-hybridized carbons (Fsp3) is 1.00. The van der Waals surface area contributed by atoms with Crippen LogP contribution in [0.15, 0.2) is 0 Å². The quantitative estimate of drug-likeness (QED) is 0.671. The number of likely N-dealkylation sites (tertiary alicyclic amines) is 1. The number of nitrogens with zero attached hydrogens (tertiary/aromatic N) is 1. The van der Waals surface area contributed by atoms with Crippen LogP contribution in [0.25, 0.3) is 0 Å². The molecular formula is C10H22N2O. The van der Waals surface area contributed by atoms with E-state index < -0.39 is 0 Å². The minimum absolute atomic E-state index is 0.00854. The molecule has 2 N–H and O–H groups in total. The number of nitrogens with one attached hydrogen (secondary N) is 1. The molecule has 1 heterocycles. The lowest BCUT2D eigenvalue weighted by Gasteiger charge is -2.42. The number of aliphatic hydroxyl groups is 1. The van der Waals surface area contributed by atoms with Crippen LogP contribution in [0.5, 0.6) is 0 Å². The highest BCUT2D eigenvalue weighted by Crippen LogP contribution is 2.22. The van der Waals surface area contributed by atoms with Crippen LogP contribution in [0, 0.1) is 0 Å². The van der Waals surface area contributed by atoms with E-state index in [1.807, 2.05) is 7.05 Å². The lowest BCUT2D eigenvalue weighted by molar-refractivity contribution is 0.0704. The Bertz CT molecular complexity index is 145. The lowest BCUT2D eigenvalue weighted by atomic mass is 9.88. The first-order valence-electron chi connectivity index (χ1n) is 5.17. The van der Waals surface area contributed by atoms with E-state index in [0.29, 0.717) is 6.04 Å². The van der Waals surface area contributed by atoms with E-state index in [0.717, 1.165) is 25.9 Å². The second-order valence-electron chi connectivity index (χ2n) is 4.32. The fourth-order valence-electron chi connectivity index (χ4n) is 1.96. The number of likely N-dealkylation sites (N-methyl/N-ethyl adjacent to an activating group) is 1. The van der Waals surface area contributed by atoms with Crippen molar-refractivity contribution < 1.29 is 5.11 Å². The van der Waals surface area contributed by atoms with Gasteiger partial charge in [-0.15, -0.1) is 0 Å². The molecule has 0 radical (unpaired) electrons. The predicted molar refractivity (Wildman–Crippen MR) is 54.8 cm³/mol. The summed E-state index contributed by atoms with van der Waals surface area (Å²) in [6.07, 6.45) is 2.11. The standard InChI is InChI=1S/C10H22N2O/c1-9(2)12-6-4-10(8-13,11-3)5-7-12/h9,11,13H,4-8H2,1-3H3. The van der Waals surface area contributed by atoms with Crippen molar-refractivity contribution in [3.63, 3.8) is 0 Å². The van der Waals surface area contributed by atoms with Crippen LogP contribution in [0.1, 0.15) is 26.7 Å². The number of hydrogen-bond acceptors (Lipinski definition) is 3. The molecule has 0 amide bonds. The molecule has 1 fully saturated rings. The number of aliphatic hydroxyl groups excluding tert-OH is 1. The third-order valence-electron chi connectivity index (χ3n) is 3.32. The van der Waals surface area contributed by atoms with Gasteiger partial charge in [0.05, 0.1) is 6.61 Å². The van der Waals surface area contributed by atoms with E-state index >= 15 is 0 Å². The molecule has 3 heteroatoms. The molecule has 0 aromatic rings. The summed E-state index contributed by atoms with van der Waals surface area (Å²) in [4.78, 5) is 2.46. The smallest absolute Gasteiger partial charge is 0.0614 e. The molecule has 0 aliphatic carbocycles. The summed E-state index contributed by atoms with van der Waals surface area (Å²) in [6, 6.07) is 0.633. The Kier molecular flexibility index (Phi) is 3.71. The van der Waals surface area contributed by atoms with Gasteiger partial charge in [-0.05, 0) is 33.7 Å². The van der Waals surface area contributed by atoms with E-state index in [2.05, 4.69) is 24.1 Å². The summed E-state index contributed by atoms with van der Waals surface area (Å²) in [6.45, 7) is 6.91. The van der Waals surface area contributed by atoms with Crippen molar-refractivity contribution in [1.82, 2.24) is 10.2 Å². The molecule has 3 nitrogen and oxygen atoms in total. The minimum atomic E-state index is -0.00854. The van der Waals surface area contributed by atoms with Crippen molar-refractivity contribution in [2.75, 3.05) is 26.7 Å². The summed E-state index contributed by atoms with van der Waals surface area (Å²) in [5.41, 5.74) is -0.00854. The van der Waals surface area contributed by atoms with Gasteiger partial charge in [-0.2, -0.15) is 0 Å². The molecule has 1 saturated heterocycles. The molecule has 0 aromatic heterocycles. The molecule has 0 spiro atoms. The molecule has 0 bridgehead atoms. The molecule has 0 aromatic carbocycles. The molecule has 0 atom stereocenters. The van der Waals surface area contributed by atoms with E-state index in [1.54, 1.807) is 0 Å². The van der Waals surface area contributed by atoms with E-state index in [-0.39, 0.29) is 12.1 Å². The SMILES string of the molecule is CNC1(CO)CCN(C(C)C)CC1. The second kappa shape index (κ2) is 4.40. The van der Waals surface area contributed by atoms with Gasteiger partial charge in [-0.25, -0.2) is 0 Å². The maximum Gasteiger partial charge on any atom is 0.0614 e.